The summed E-state index contributed by atoms with van der Waals surface area (Å²) in [5.74, 6) is -1.44. The molecule has 0 aliphatic rings. The van der Waals surface area contributed by atoms with Crippen LogP contribution in [0.5, 0.6) is 0 Å². The van der Waals surface area contributed by atoms with Gasteiger partial charge in [0.15, 0.2) is 6.04 Å². The largest absolute Gasteiger partial charge is 0.390 e. The SMILES string of the molecule is CCn1ncc(C=NNC(=O)C(C)n2nc([N+](=O)[O-])cc2C)c1F. The van der Waals surface area contributed by atoms with Crippen molar-refractivity contribution in [3.8, 4) is 0 Å². The van der Waals surface area contributed by atoms with E-state index >= 15 is 0 Å². The molecule has 10 nitrogen and oxygen atoms in total. The molecule has 2 aromatic heterocycles. The van der Waals surface area contributed by atoms with E-state index in [1.807, 2.05) is 0 Å². The molecule has 0 spiro atoms. The summed E-state index contributed by atoms with van der Waals surface area (Å²) in [6.45, 7) is 5.23. The number of aryl methyl sites for hydroxylation is 2. The van der Waals surface area contributed by atoms with Crippen molar-refractivity contribution in [1.82, 2.24) is 25.0 Å². The van der Waals surface area contributed by atoms with Crippen molar-refractivity contribution in [2.45, 2.75) is 33.4 Å². The van der Waals surface area contributed by atoms with E-state index in [0.717, 1.165) is 10.9 Å². The minimum absolute atomic E-state index is 0.135. The number of hydrogen-bond donors (Lipinski definition) is 1. The topological polar surface area (TPSA) is 120 Å². The monoisotopic (exact) mass is 337 g/mol. The van der Waals surface area contributed by atoms with Crippen LogP contribution in [0.25, 0.3) is 0 Å². The summed E-state index contributed by atoms with van der Waals surface area (Å²) < 4.78 is 16.1. The van der Waals surface area contributed by atoms with Crippen molar-refractivity contribution in [1.29, 1.82) is 0 Å². The molecule has 0 fully saturated rings. The van der Waals surface area contributed by atoms with E-state index in [4.69, 9.17) is 0 Å². The Kier molecular flexibility index (Phi) is 5.02. The number of carbonyl (C=O) groups is 1. The summed E-state index contributed by atoms with van der Waals surface area (Å²) in [6, 6.07) is 0.445. The molecular formula is C13H16FN7O3. The fourth-order valence-electron chi connectivity index (χ4n) is 2.01. The number of rotatable bonds is 6. The highest BCUT2D eigenvalue weighted by molar-refractivity contribution is 5.83. The van der Waals surface area contributed by atoms with Crippen LogP contribution in [0, 0.1) is 23.0 Å². The number of hydrogen-bond acceptors (Lipinski definition) is 6. The Hall–Kier alpha value is -3.11. The van der Waals surface area contributed by atoms with E-state index in [9.17, 15) is 19.3 Å². The Bertz CT molecular complexity index is 796. The molecule has 2 aromatic rings. The summed E-state index contributed by atoms with van der Waals surface area (Å²) in [6.07, 6.45) is 2.43. The molecule has 24 heavy (non-hydrogen) atoms. The maximum absolute atomic E-state index is 13.7. The lowest BCUT2D eigenvalue weighted by atomic mass is 10.3. The fourth-order valence-corrected chi connectivity index (χ4v) is 2.01. The van der Waals surface area contributed by atoms with Crippen LogP contribution in [0.2, 0.25) is 0 Å². The Morgan fingerprint density at radius 2 is 2.33 bits per heavy atom. The van der Waals surface area contributed by atoms with E-state index < -0.39 is 22.8 Å². The molecule has 1 amide bonds. The number of aromatic nitrogens is 4. The van der Waals surface area contributed by atoms with Gasteiger partial charge < -0.3 is 10.1 Å². The lowest BCUT2D eigenvalue weighted by molar-refractivity contribution is -0.389. The van der Waals surface area contributed by atoms with Gasteiger partial charge in [0, 0.05) is 6.54 Å². The maximum atomic E-state index is 13.7. The maximum Gasteiger partial charge on any atom is 0.390 e. The van der Waals surface area contributed by atoms with Crippen LogP contribution in [0.1, 0.15) is 31.1 Å². The van der Waals surface area contributed by atoms with Crippen molar-refractivity contribution in [2.75, 3.05) is 0 Å². The number of halogens is 1. The smallest absolute Gasteiger partial charge is 0.358 e. The number of amides is 1. The van der Waals surface area contributed by atoms with Crippen LogP contribution in [-0.2, 0) is 11.3 Å². The molecule has 2 heterocycles. The van der Waals surface area contributed by atoms with E-state index in [0.29, 0.717) is 12.2 Å². The van der Waals surface area contributed by atoms with Crippen LogP contribution in [-0.4, -0.2) is 36.6 Å². The van der Waals surface area contributed by atoms with Crippen LogP contribution in [0.15, 0.2) is 17.4 Å². The summed E-state index contributed by atoms with van der Waals surface area (Å²) in [7, 11) is 0. The zero-order valence-corrected chi connectivity index (χ0v) is 13.3. The molecule has 11 heteroatoms. The minimum Gasteiger partial charge on any atom is -0.358 e. The molecule has 1 atom stereocenters. The molecule has 0 saturated carbocycles. The van der Waals surface area contributed by atoms with Gasteiger partial charge in [0.25, 0.3) is 5.91 Å². The highest BCUT2D eigenvalue weighted by atomic mass is 19.1. The van der Waals surface area contributed by atoms with Gasteiger partial charge in [0.05, 0.1) is 34.8 Å². The average molecular weight is 337 g/mol. The predicted octanol–water partition coefficient (Wildman–Crippen LogP) is 1.17. The minimum atomic E-state index is -0.820. The first-order valence-corrected chi connectivity index (χ1v) is 7.09. The van der Waals surface area contributed by atoms with Crippen LogP contribution in [0.4, 0.5) is 10.2 Å². The highest BCUT2D eigenvalue weighted by Crippen LogP contribution is 2.16. The Morgan fingerprint density at radius 3 is 2.88 bits per heavy atom. The second-order valence-corrected chi connectivity index (χ2v) is 4.96. The van der Waals surface area contributed by atoms with Crippen LogP contribution >= 0.6 is 0 Å². The third kappa shape index (κ3) is 3.45. The second kappa shape index (κ2) is 6.98. The van der Waals surface area contributed by atoms with Gasteiger partial charge in [0.2, 0.25) is 5.95 Å². The summed E-state index contributed by atoms with van der Waals surface area (Å²) >= 11 is 0. The molecule has 1 unspecified atom stereocenters. The quantitative estimate of drug-likeness (QED) is 0.482. The molecule has 0 aliphatic carbocycles. The average Bonchev–Trinajstić information content (AvgIpc) is 3.10. The van der Waals surface area contributed by atoms with Gasteiger partial charge >= 0.3 is 5.82 Å². The Labute approximate surface area is 136 Å². The van der Waals surface area contributed by atoms with Crippen molar-refractivity contribution in [3.05, 3.63) is 39.6 Å². The van der Waals surface area contributed by atoms with E-state index in [2.05, 4.69) is 20.7 Å². The molecule has 0 bridgehead atoms. The molecule has 1 N–H and O–H groups in total. The third-order valence-electron chi connectivity index (χ3n) is 3.32. The lowest BCUT2D eigenvalue weighted by Crippen LogP contribution is -2.28. The third-order valence-corrected chi connectivity index (χ3v) is 3.32. The predicted molar refractivity (Wildman–Crippen MR) is 81.9 cm³/mol. The van der Waals surface area contributed by atoms with Gasteiger partial charge in [-0.05, 0) is 25.7 Å². The van der Waals surface area contributed by atoms with Crippen molar-refractivity contribution >= 4 is 17.9 Å². The van der Waals surface area contributed by atoms with Crippen molar-refractivity contribution < 1.29 is 14.1 Å². The van der Waals surface area contributed by atoms with Gasteiger partial charge in [-0.2, -0.15) is 19.3 Å². The van der Waals surface area contributed by atoms with Crippen molar-refractivity contribution in [3.63, 3.8) is 0 Å². The van der Waals surface area contributed by atoms with Gasteiger partial charge in [-0.25, -0.2) is 10.1 Å². The Morgan fingerprint density at radius 1 is 1.62 bits per heavy atom. The van der Waals surface area contributed by atoms with Gasteiger partial charge in [-0.1, -0.05) is 0 Å². The van der Waals surface area contributed by atoms with Crippen LogP contribution in [0.3, 0.4) is 0 Å². The number of hydrazone groups is 1. The van der Waals surface area contributed by atoms with Gasteiger partial charge in [-0.3, -0.25) is 4.79 Å². The standard InChI is InChI=1S/C13H16FN7O3/c1-4-19-12(14)10(7-16-19)6-15-17-13(22)9(3)20-8(2)5-11(18-20)21(23)24/h5-7,9H,4H2,1-3H3,(H,17,22). The second-order valence-electron chi connectivity index (χ2n) is 4.96. The number of nitrogens with one attached hydrogen (secondary N) is 1. The first-order valence-electron chi connectivity index (χ1n) is 7.09. The Balaban J connectivity index is 2.05. The summed E-state index contributed by atoms with van der Waals surface area (Å²) in [5, 5.41) is 21.9. The van der Waals surface area contributed by atoms with Gasteiger partial charge in [0.1, 0.15) is 0 Å². The fraction of sp³-hybridized carbons (Fsp3) is 0.385. The summed E-state index contributed by atoms with van der Waals surface area (Å²) in [5.41, 5.74) is 2.84. The molecule has 2 rings (SSSR count). The lowest BCUT2D eigenvalue weighted by Gasteiger charge is -2.08. The molecule has 128 valence electrons. The van der Waals surface area contributed by atoms with Gasteiger partial charge in [-0.15, -0.1) is 0 Å². The van der Waals surface area contributed by atoms with E-state index in [1.54, 1.807) is 13.8 Å². The zero-order valence-electron chi connectivity index (χ0n) is 13.3. The van der Waals surface area contributed by atoms with Crippen molar-refractivity contribution in [2.24, 2.45) is 5.10 Å². The summed E-state index contributed by atoms with van der Waals surface area (Å²) in [4.78, 5) is 22.1. The molecule has 0 saturated heterocycles. The molecule has 0 aliphatic heterocycles. The number of nitro groups is 1. The molecular weight excluding hydrogens is 321 g/mol. The van der Waals surface area contributed by atoms with E-state index in [1.165, 1.54) is 23.9 Å². The highest BCUT2D eigenvalue weighted by Gasteiger charge is 2.24. The zero-order chi connectivity index (χ0) is 17.9. The molecule has 0 radical (unpaired) electrons. The van der Waals surface area contributed by atoms with Crippen LogP contribution < -0.4 is 5.43 Å². The first-order chi connectivity index (χ1) is 11.3. The number of carbonyl (C=O) groups excluding carboxylic acids is 1. The normalized spacial score (nSPS) is 12.5. The first kappa shape index (κ1) is 17.2. The molecule has 0 aromatic carbocycles. The van der Waals surface area contributed by atoms with E-state index in [-0.39, 0.29) is 11.4 Å². The number of nitrogens with zero attached hydrogens (tertiary/aromatic N) is 6.